The Morgan fingerprint density at radius 1 is 0.767 bits per heavy atom. The number of carbonyl (C=O) groups is 2. The molecule has 0 bridgehead atoms. The molecule has 3 saturated carbocycles. The van der Waals surface area contributed by atoms with Crippen LogP contribution in [0, 0.1) is 58.2 Å². The van der Waals surface area contributed by atoms with Crippen molar-refractivity contribution in [1.29, 1.82) is 0 Å². The Balaban J connectivity index is 1.01. The van der Waals surface area contributed by atoms with Gasteiger partial charge in [0.1, 0.15) is 24.9 Å². The standard InChI is InChI=1S/C52H68N4O4/c1-34-21-24-52(46(57)59-32-37-15-11-9-12-16-37)26-25-50(7)40(43(52)35(34)2)19-20-42-49(6)31-39-44(48(4,5)41(49)22-23-51(42,50)8)53-36(3)54-45(39)55-27-29-56(30-28-55)47(58)60-33-38-17-13-10-14-18-38/h9-19,34-35,41-43H,20-33H2,1-8H3/t34-,35+,41+,42-,43+,49+,50-,51-,52+/m1/s1. The predicted molar refractivity (Wildman–Crippen MR) is 236 cm³/mol. The van der Waals surface area contributed by atoms with Crippen LogP contribution in [0.4, 0.5) is 10.6 Å². The van der Waals surface area contributed by atoms with Crippen molar-refractivity contribution in [3.63, 3.8) is 0 Å². The zero-order valence-electron chi connectivity index (χ0n) is 37.6. The van der Waals surface area contributed by atoms with Gasteiger partial charge in [0.2, 0.25) is 0 Å². The molecule has 2 aromatic carbocycles. The number of hydrogen-bond donors (Lipinski definition) is 0. The fraction of sp³-hybridized carbons (Fsp3) is 0.615. The molecule has 1 saturated heterocycles. The molecule has 4 fully saturated rings. The van der Waals surface area contributed by atoms with Gasteiger partial charge in [0, 0.05) is 37.2 Å². The quantitative estimate of drug-likeness (QED) is 0.181. The van der Waals surface area contributed by atoms with Crippen LogP contribution in [0.15, 0.2) is 72.3 Å². The molecule has 1 amide bonds. The van der Waals surface area contributed by atoms with Gasteiger partial charge in [-0.15, -0.1) is 0 Å². The number of anilines is 1. The van der Waals surface area contributed by atoms with E-state index in [1.807, 2.05) is 60.4 Å². The summed E-state index contributed by atoms with van der Waals surface area (Å²) in [6.45, 7) is 22.9. The lowest BCUT2D eigenvalue weighted by Gasteiger charge is -2.71. The van der Waals surface area contributed by atoms with E-state index in [9.17, 15) is 9.59 Å². The van der Waals surface area contributed by atoms with Gasteiger partial charge in [-0.2, -0.15) is 0 Å². The highest BCUT2D eigenvalue weighted by atomic mass is 16.6. The second kappa shape index (κ2) is 15.0. The third kappa shape index (κ3) is 6.34. The summed E-state index contributed by atoms with van der Waals surface area (Å²) >= 11 is 0. The Hall–Kier alpha value is -4.20. The first-order valence-electron chi connectivity index (χ1n) is 23.1. The van der Waals surface area contributed by atoms with E-state index >= 15 is 0 Å². The monoisotopic (exact) mass is 813 g/mol. The van der Waals surface area contributed by atoms with Crippen LogP contribution in [0.3, 0.4) is 0 Å². The number of allylic oxidation sites excluding steroid dienone is 2. The maximum atomic E-state index is 14.6. The first-order chi connectivity index (χ1) is 28.6. The van der Waals surface area contributed by atoms with Gasteiger partial charge in [-0.1, -0.05) is 121 Å². The van der Waals surface area contributed by atoms with Crippen molar-refractivity contribution in [2.75, 3.05) is 31.1 Å². The van der Waals surface area contributed by atoms with Crippen molar-refractivity contribution in [3.8, 4) is 0 Å². The zero-order chi connectivity index (χ0) is 42.2. The third-order valence-corrected chi connectivity index (χ3v) is 18.1. The first-order valence-corrected chi connectivity index (χ1v) is 23.1. The molecule has 9 atom stereocenters. The number of esters is 1. The number of piperazine rings is 1. The molecule has 8 heteroatoms. The zero-order valence-corrected chi connectivity index (χ0v) is 37.6. The van der Waals surface area contributed by atoms with Crippen LogP contribution in [0.5, 0.6) is 0 Å². The fourth-order valence-corrected chi connectivity index (χ4v) is 14.5. The Morgan fingerprint density at radius 3 is 2.08 bits per heavy atom. The smallest absolute Gasteiger partial charge is 0.410 e. The normalized spacial score (nSPS) is 35.4. The van der Waals surface area contributed by atoms with Gasteiger partial charge < -0.3 is 19.3 Å². The lowest BCUT2D eigenvalue weighted by molar-refractivity contribution is -0.184. The summed E-state index contributed by atoms with van der Waals surface area (Å²) in [5, 5.41) is 0. The van der Waals surface area contributed by atoms with Gasteiger partial charge in [-0.25, -0.2) is 14.8 Å². The summed E-state index contributed by atoms with van der Waals surface area (Å²) in [5.41, 5.74) is 5.66. The average Bonchev–Trinajstić information content (AvgIpc) is 3.24. The second-order valence-corrected chi connectivity index (χ2v) is 21.2. The summed E-state index contributed by atoms with van der Waals surface area (Å²) < 4.78 is 12.0. The van der Waals surface area contributed by atoms with Crippen molar-refractivity contribution in [3.05, 3.63) is 101 Å². The van der Waals surface area contributed by atoms with Gasteiger partial charge in [-0.05, 0) is 115 Å². The molecule has 5 aliphatic carbocycles. The number of ether oxygens (including phenoxy) is 2. The van der Waals surface area contributed by atoms with E-state index in [-0.39, 0.29) is 46.2 Å². The molecule has 0 N–H and O–H groups in total. The average molecular weight is 813 g/mol. The second-order valence-electron chi connectivity index (χ2n) is 21.2. The molecule has 0 radical (unpaired) electrons. The van der Waals surface area contributed by atoms with Crippen molar-refractivity contribution in [1.82, 2.24) is 14.9 Å². The van der Waals surface area contributed by atoms with E-state index in [1.165, 1.54) is 24.1 Å². The molecule has 8 nitrogen and oxygen atoms in total. The molecule has 0 unspecified atom stereocenters. The number of nitrogens with zero attached hydrogens (tertiary/aromatic N) is 4. The largest absolute Gasteiger partial charge is 0.460 e. The number of fused-ring (bicyclic) bond motifs is 8. The maximum Gasteiger partial charge on any atom is 0.410 e. The number of aryl methyl sites for hydroxylation is 1. The molecule has 6 aliphatic rings. The van der Waals surface area contributed by atoms with Crippen LogP contribution in [-0.2, 0) is 39.3 Å². The Bertz CT molecular complexity index is 2150. The van der Waals surface area contributed by atoms with Gasteiger partial charge >= 0.3 is 12.1 Å². The van der Waals surface area contributed by atoms with E-state index in [4.69, 9.17) is 19.4 Å². The van der Waals surface area contributed by atoms with Crippen molar-refractivity contribution in [2.24, 2.45) is 51.2 Å². The van der Waals surface area contributed by atoms with E-state index in [0.29, 0.717) is 56.5 Å². The molecule has 320 valence electrons. The minimum Gasteiger partial charge on any atom is -0.460 e. The van der Waals surface area contributed by atoms with E-state index in [1.54, 1.807) is 5.57 Å². The Labute approximate surface area is 358 Å². The van der Waals surface area contributed by atoms with Crippen molar-refractivity contribution < 1.29 is 19.1 Å². The predicted octanol–water partition coefficient (Wildman–Crippen LogP) is 10.7. The van der Waals surface area contributed by atoms with E-state index in [0.717, 1.165) is 61.3 Å². The Kier molecular flexibility index (Phi) is 10.3. The molecule has 60 heavy (non-hydrogen) atoms. The highest BCUT2D eigenvalue weighted by Gasteiger charge is 2.70. The maximum absolute atomic E-state index is 14.6. The van der Waals surface area contributed by atoms with Gasteiger partial charge in [0.25, 0.3) is 0 Å². The minimum absolute atomic E-state index is 0.00837. The lowest BCUT2D eigenvalue weighted by Crippen LogP contribution is -2.65. The number of benzene rings is 2. The van der Waals surface area contributed by atoms with Gasteiger partial charge in [0.05, 0.1) is 11.1 Å². The fourth-order valence-electron chi connectivity index (χ4n) is 14.5. The van der Waals surface area contributed by atoms with Crippen molar-refractivity contribution in [2.45, 2.75) is 125 Å². The highest BCUT2D eigenvalue weighted by molar-refractivity contribution is 5.79. The first kappa shape index (κ1) is 41.2. The van der Waals surface area contributed by atoms with Crippen LogP contribution in [0.25, 0.3) is 0 Å². The minimum atomic E-state index is -0.463. The Morgan fingerprint density at radius 2 is 1.42 bits per heavy atom. The molecule has 9 rings (SSSR count). The molecule has 0 spiro atoms. The van der Waals surface area contributed by atoms with Crippen LogP contribution >= 0.6 is 0 Å². The molecule has 3 aromatic rings. The molecule has 1 aromatic heterocycles. The topological polar surface area (TPSA) is 84.9 Å². The van der Waals surface area contributed by atoms with Crippen LogP contribution in [0.2, 0.25) is 0 Å². The third-order valence-electron chi connectivity index (χ3n) is 18.1. The lowest BCUT2D eigenvalue weighted by atomic mass is 9.33. The molecule has 1 aliphatic heterocycles. The van der Waals surface area contributed by atoms with Gasteiger partial charge in [0.15, 0.2) is 0 Å². The summed E-state index contributed by atoms with van der Waals surface area (Å²) in [6.07, 6.45) is 10.7. The number of amides is 1. The van der Waals surface area contributed by atoms with Crippen molar-refractivity contribution >= 4 is 17.9 Å². The molecule has 2 heterocycles. The van der Waals surface area contributed by atoms with Crippen LogP contribution < -0.4 is 4.90 Å². The summed E-state index contributed by atoms with van der Waals surface area (Å²) in [7, 11) is 0. The summed E-state index contributed by atoms with van der Waals surface area (Å²) in [5.74, 6) is 4.05. The van der Waals surface area contributed by atoms with Crippen LogP contribution in [0.1, 0.15) is 122 Å². The summed E-state index contributed by atoms with van der Waals surface area (Å²) in [4.78, 5) is 42.5. The van der Waals surface area contributed by atoms with E-state index < -0.39 is 5.41 Å². The summed E-state index contributed by atoms with van der Waals surface area (Å²) in [6, 6.07) is 20.1. The number of hydrogen-bond acceptors (Lipinski definition) is 7. The number of aromatic nitrogens is 2. The highest BCUT2D eigenvalue weighted by Crippen LogP contribution is 2.75. The van der Waals surface area contributed by atoms with Gasteiger partial charge in [-0.3, -0.25) is 4.79 Å². The number of carbonyl (C=O) groups excluding carboxylic acids is 2. The molecular formula is C52H68N4O4. The number of rotatable bonds is 6. The van der Waals surface area contributed by atoms with E-state index in [2.05, 4.69) is 71.6 Å². The SMILES string of the molecule is Cc1nc(N2CCN(C(=O)OCc3ccccc3)CC2)c2c(n1)C(C)(C)[C@@H]1CC[C@]3(C)[C@H](CC=C4[C@@H]5[C@@H](C)[C@H](C)CC[C@]5(C(=O)OCc5ccccc5)CC[C@]43C)[C@@]1(C)C2. The van der Waals surface area contributed by atoms with Crippen LogP contribution in [-0.4, -0.2) is 53.1 Å². The molecular weight excluding hydrogens is 745 g/mol.